The fourth-order valence-corrected chi connectivity index (χ4v) is 6.02. The zero-order valence-corrected chi connectivity index (χ0v) is 22.0. The molecule has 2 unspecified atom stereocenters. The molecule has 1 aliphatic heterocycles. The summed E-state index contributed by atoms with van der Waals surface area (Å²) in [5.74, 6) is -0.559. The van der Waals surface area contributed by atoms with Gasteiger partial charge in [-0.2, -0.15) is 0 Å². The Kier molecular flexibility index (Phi) is 6.78. The first kappa shape index (κ1) is 25.7. The van der Waals surface area contributed by atoms with Gasteiger partial charge in [0.05, 0.1) is 45.6 Å². The number of pyridine rings is 1. The first-order valence-corrected chi connectivity index (χ1v) is 12.7. The third-order valence-electron chi connectivity index (χ3n) is 6.96. The van der Waals surface area contributed by atoms with Gasteiger partial charge in [-0.3, -0.25) is 19.5 Å². The predicted molar refractivity (Wildman–Crippen MR) is 134 cm³/mol. The van der Waals surface area contributed by atoms with Crippen LogP contribution in [0.5, 0.6) is 0 Å². The van der Waals surface area contributed by atoms with Gasteiger partial charge in [-0.1, -0.05) is 26.8 Å². The molecule has 10 heteroatoms. The van der Waals surface area contributed by atoms with Crippen LogP contribution in [0.15, 0.2) is 23.8 Å². The van der Waals surface area contributed by atoms with Gasteiger partial charge in [0.15, 0.2) is 0 Å². The molecule has 0 aromatic carbocycles. The van der Waals surface area contributed by atoms with Crippen molar-refractivity contribution in [2.75, 3.05) is 20.6 Å². The molecule has 2 aromatic rings. The van der Waals surface area contributed by atoms with Crippen LogP contribution in [-0.2, 0) is 15.1 Å². The van der Waals surface area contributed by atoms with Crippen LogP contribution < -0.4 is 5.32 Å². The van der Waals surface area contributed by atoms with Gasteiger partial charge in [0.2, 0.25) is 11.8 Å². The molecule has 1 saturated heterocycles. The number of aryl methyl sites for hydroxylation is 1. The number of hydrogen-bond acceptors (Lipinski definition) is 8. The molecule has 3 heterocycles. The Morgan fingerprint density at radius 2 is 1.94 bits per heavy atom. The second-order valence-electron chi connectivity index (χ2n) is 11.0. The fraction of sp³-hybridized carbons (Fsp3) is 0.600. The van der Waals surface area contributed by atoms with Crippen molar-refractivity contribution in [2.45, 2.75) is 70.4 Å². The maximum absolute atomic E-state index is 13.5. The van der Waals surface area contributed by atoms with Crippen molar-refractivity contribution in [3.8, 4) is 10.6 Å². The van der Waals surface area contributed by atoms with E-state index in [4.69, 9.17) is 0 Å². The van der Waals surface area contributed by atoms with Gasteiger partial charge in [0, 0.05) is 25.6 Å². The molecular formula is C25H35N5O4S. The number of nitrogens with one attached hydrogen (secondary N) is 1. The van der Waals surface area contributed by atoms with Crippen LogP contribution in [0.25, 0.3) is 10.6 Å². The molecule has 1 aliphatic carbocycles. The van der Waals surface area contributed by atoms with Crippen molar-refractivity contribution in [1.29, 1.82) is 0 Å². The molecule has 4 rings (SSSR count). The molecule has 0 radical (unpaired) electrons. The molecular weight excluding hydrogens is 466 g/mol. The van der Waals surface area contributed by atoms with E-state index in [1.165, 1.54) is 16.2 Å². The van der Waals surface area contributed by atoms with Crippen molar-refractivity contribution >= 4 is 23.2 Å². The predicted octanol–water partition coefficient (Wildman–Crippen LogP) is 1.53. The zero-order chi connectivity index (χ0) is 25.7. The summed E-state index contributed by atoms with van der Waals surface area (Å²) in [4.78, 5) is 40.1. The minimum Gasteiger partial charge on any atom is -0.391 e. The third kappa shape index (κ3) is 4.84. The standard InChI is InChI=1S/C25H35N5O4S/c1-14-20(35-13-27-14)17-8-7-15(11-26-17)25(10-19(25)32)28-22(33)18-9-16(31)12-30(18)23(34)21(29(5)6)24(2,3)4/h7-8,11,13,16,18-19,21,31-32H,9-10,12H2,1-6H3,(H,28,33)/t16-,18+,19?,21-,25?/m1/s1. The Morgan fingerprint density at radius 3 is 2.43 bits per heavy atom. The number of nitrogens with zero attached hydrogens (tertiary/aromatic N) is 4. The Bertz CT molecular complexity index is 1100. The molecule has 2 aromatic heterocycles. The van der Waals surface area contributed by atoms with Gasteiger partial charge in [-0.15, -0.1) is 11.3 Å². The Labute approximate surface area is 210 Å². The van der Waals surface area contributed by atoms with E-state index in [-0.39, 0.29) is 30.2 Å². The quantitative estimate of drug-likeness (QED) is 0.549. The van der Waals surface area contributed by atoms with E-state index in [1.54, 1.807) is 11.7 Å². The monoisotopic (exact) mass is 501 g/mol. The topological polar surface area (TPSA) is 119 Å². The van der Waals surface area contributed by atoms with Crippen molar-refractivity contribution in [1.82, 2.24) is 25.1 Å². The number of aromatic nitrogens is 2. The van der Waals surface area contributed by atoms with Crippen LogP contribution in [0, 0.1) is 12.3 Å². The summed E-state index contributed by atoms with van der Waals surface area (Å²) in [5.41, 5.74) is 2.88. The van der Waals surface area contributed by atoms with Crippen molar-refractivity contribution in [2.24, 2.45) is 5.41 Å². The molecule has 5 atom stereocenters. The van der Waals surface area contributed by atoms with Gasteiger partial charge >= 0.3 is 0 Å². The number of hydrogen-bond donors (Lipinski definition) is 3. The highest BCUT2D eigenvalue weighted by atomic mass is 32.1. The second kappa shape index (κ2) is 9.24. The number of likely N-dealkylation sites (tertiary alicyclic amines) is 1. The van der Waals surface area contributed by atoms with Crippen molar-refractivity contribution < 1.29 is 19.8 Å². The Morgan fingerprint density at radius 1 is 1.26 bits per heavy atom. The molecule has 2 amide bonds. The number of rotatable bonds is 6. The number of aliphatic hydroxyl groups excluding tert-OH is 2. The van der Waals surface area contributed by atoms with Gasteiger partial charge < -0.3 is 20.4 Å². The number of likely N-dealkylation sites (N-methyl/N-ethyl adjacent to an activating group) is 1. The Hall–Kier alpha value is -2.40. The molecule has 1 saturated carbocycles. The molecule has 2 aliphatic rings. The molecule has 0 spiro atoms. The molecule has 35 heavy (non-hydrogen) atoms. The summed E-state index contributed by atoms with van der Waals surface area (Å²) < 4.78 is 0. The molecule has 190 valence electrons. The number of amides is 2. The van der Waals surface area contributed by atoms with E-state index in [1.807, 2.05) is 58.8 Å². The zero-order valence-electron chi connectivity index (χ0n) is 21.1. The minimum atomic E-state index is -0.946. The maximum atomic E-state index is 13.5. The lowest BCUT2D eigenvalue weighted by molar-refractivity contribution is -0.145. The summed E-state index contributed by atoms with van der Waals surface area (Å²) in [6.07, 6.45) is 0.685. The number of thiazole rings is 1. The minimum absolute atomic E-state index is 0.108. The SMILES string of the molecule is Cc1ncsc1-c1ccc(C2(NC(=O)[C@@H]3C[C@@H](O)CN3C(=O)[C@@H](N(C)C)C(C)(C)C)CC2O)cn1. The highest BCUT2D eigenvalue weighted by molar-refractivity contribution is 7.13. The highest BCUT2D eigenvalue weighted by Crippen LogP contribution is 2.46. The van der Waals surface area contributed by atoms with Crippen LogP contribution in [0.4, 0.5) is 0 Å². The average molecular weight is 502 g/mol. The molecule has 0 bridgehead atoms. The summed E-state index contributed by atoms with van der Waals surface area (Å²) in [6, 6.07) is 2.48. The van der Waals surface area contributed by atoms with E-state index < -0.39 is 29.8 Å². The Balaban J connectivity index is 1.54. The van der Waals surface area contributed by atoms with E-state index in [2.05, 4.69) is 15.3 Å². The largest absolute Gasteiger partial charge is 0.391 e. The number of aliphatic hydroxyl groups is 2. The van der Waals surface area contributed by atoms with Crippen LogP contribution in [0.2, 0.25) is 0 Å². The van der Waals surface area contributed by atoms with E-state index in [0.717, 1.165) is 16.3 Å². The summed E-state index contributed by atoms with van der Waals surface area (Å²) >= 11 is 1.51. The van der Waals surface area contributed by atoms with Crippen LogP contribution >= 0.6 is 11.3 Å². The summed E-state index contributed by atoms with van der Waals surface area (Å²) in [5, 5.41) is 23.9. The maximum Gasteiger partial charge on any atom is 0.243 e. The van der Waals surface area contributed by atoms with Gasteiger partial charge in [0.1, 0.15) is 6.04 Å². The number of carbonyl (C=O) groups excluding carboxylic acids is 2. The molecule has 3 N–H and O–H groups in total. The number of carbonyl (C=O) groups is 2. The van der Waals surface area contributed by atoms with Gasteiger partial charge in [-0.05, 0) is 38.1 Å². The molecule has 2 fully saturated rings. The van der Waals surface area contributed by atoms with E-state index >= 15 is 0 Å². The summed E-state index contributed by atoms with van der Waals surface area (Å²) in [7, 11) is 3.69. The number of β-amino-alcohol motifs (C(OH)–C–C–N with tert-alkyl or cyclic N) is 1. The lowest BCUT2D eigenvalue weighted by Gasteiger charge is -2.38. The normalized spacial score (nSPS) is 27.2. The van der Waals surface area contributed by atoms with Crippen LogP contribution in [0.1, 0.15) is 44.9 Å². The van der Waals surface area contributed by atoms with Crippen LogP contribution in [0.3, 0.4) is 0 Å². The lowest BCUT2D eigenvalue weighted by atomic mass is 9.85. The van der Waals surface area contributed by atoms with Gasteiger partial charge in [0.25, 0.3) is 0 Å². The van der Waals surface area contributed by atoms with Crippen molar-refractivity contribution in [3.05, 3.63) is 35.1 Å². The first-order valence-electron chi connectivity index (χ1n) is 11.9. The smallest absolute Gasteiger partial charge is 0.243 e. The van der Waals surface area contributed by atoms with E-state index in [9.17, 15) is 19.8 Å². The second-order valence-corrected chi connectivity index (χ2v) is 11.9. The van der Waals surface area contributed by atoms with E-state index in [0.29, 0.717) is 12.0 Å². The highest BCUT2D eigenvalue weighted by Gasteiger charge is 2.57. The molecule has 9 nitrogen and oxygen atoms in total. The lowest BCUT2D eigenvalue weighted by Crippen LogP contribution is -2.57. The average Bonchev–Trinajstić information content (AvgIpc) is 3.08. The van der Waals surface area contributed by atoms with Gasteiger partial charge in [-0.25, -0.2) is 4.98 Å². The van der Waals surface area contributed by atoms with Crippen molar-refractivity contribution in [3.63, 3.8) is 0 Å². The third-order valence-corrected chi connectivity index (χ3v) is 7.91. The van der Waals surface area contributed by atoms with Crippen LogP contribution in [-0.4, -0.2) is 86.7 Å². The summed E-state index contributed by atoms with van der Waals surface area (Å²) in [6.45, 7) is 7.99. The fourth-order valence-electron chi connectivity index (χ4n) is 5.23. The first-order chi connectivity index (χ1) is 16.3.